The van der Waals surface area contributed by atoms with E-state index in [0.717, 1.165) is 5.56 Å². The number of methoxy groups -OCH3 is 1. The van der Waals surface area contributed by atoms with E-state index in [-0.39, 0.29) is 18.4 Å². The van der Waals surface area contributed by atoms with Crippen molar-refractivity contribution in [1.82, 2.24) is 4.90 Å². The Hall–Kier alpha value is -4.53. The third kappa shape index (κ3) is 6.53. The molecule has 3 rings (SSSR count). The van der Waals surface area contributed by atoms with Gasteiger partial charge in [-0.2, -0.15) is 0 Å². The predicted molar refractivity (Wildman–Crippen MR) is 140 cm³/mol. The van der Waals surface area contributed by atoms with Gasteiger partial charge in [-0.3, -0.25) is 14.5 Å². The average Bonchev–Trinajstić information content (AvgIpc) is 3.07. The molecule has 36 heavy (non-hydrogen) atoms. The minimum atomic E-state index is -0.888. The quantitative estimate of drug-likeness (QED) is 0.475. The normalized spacial score (nSPS) is 13.3. The van der Waals surface area contributed by atoms with Crippen molar-refractivity contribution in [3.05, 3.63) is 84.4 Å². The first kappa shape index (κ1) is 26.1. The number of amides is 3. The van der Waals surface area contributed by atoms with Gasteiger partial charge in [0.2, 0.25) is 5.91 Å². The lowest BCUT2D eigenvalue weighted by atomic mass is 10.2. The number of nitrogens with zero attached hydrogens (tertiary/aromatic N) is 2. The number of carboxylic acid groups (broad SMARTS) is 1. The highest BCUT2D eigenvalue weighted by Gasteiger charge is 2.20. The molecule has 1 unspecified atom stereocenters. The molecule has 0 aliphatic carbocycles. The average molecular weight is 491 g/mol. The van der Waals surface area contributed by atoms with Crippen LogP contribution in [0.15, 0.2) is 78.8 Å². The van der Waals surface area contributed by atoms with Gasteiger partial charge in [0.05, 0.1) is 30.6 Å². The van der Waals surface area contributed by atoms with Crippen LogP contribution in [-0.2, 0) is 9.59 Å². The summed E-state index contributed by atoms with van der Waals surface area (Å²) in [5.41, 5.74) is 3.20. The molecule has 0 fully saturated rings. The molecule has 1 atom stereocenters. The van der Waals surface area contributed by atoms with Crippen molar-refractivity contribution in [2.24, 2.45) is 0 Å². The van der Waals surface area contributed by atoms with Crippen LogP contribution in [0.3, 0.4) is 0 Å². The minimum Gasteiger partial charge on any atom is -0.494 e. The van der Waals surface area contributed by atoms with E-state index < -0.39 is 12.0 Å². The molecule has 1 heterocycles. The highest BCUT2D eigenvalue weighted by atomic mass is 16.5. The van der Waals surface area contributed by atoms with E-state index in [4.69, 9.17) is 9.84 Å². The van der Waals surface area contributed by atoms with Gasteiger partial charge in [-0.15, -0.1) is 0 Å². The van der Waals surface area contributed by atoms with Crippen LogP contribution in [0.25, 0.3) is 0 Å². The van der Waals surface area contributed by atoms with Crippen molar-refractivity contribution in [3.63, 3.8) is 0 Å². The first-order chi connectivity index (χ1) is 17.2. The molecule has 1 aliphatic heterocycles. The smallest absolute Gasteiger partial charge is 0.323 e. The van der Waals surface area contributed by atoms with Gasteiger partial charge in [-0.1, -0.05) is 18.2 Å². The lowest BCUT2D eigenvalue weighted by molar-refractivity contribution is -0.137. The number of carbonyl (C=O) groups is 3. The third-order valence-corrected chi connectivity index (χ3v) is 5.58. The number of anilines is 3. The second-order valence-corrected chi connectivity index (χ2v) is 8.28. The van der Waals surface area contributed by atoms with Crippen molar-refractivity contribution in [3.8, 4) is 5.75 Å². The fourth-order valence-electron chi connectivity index (χ4n) is 3.73. The Morgan fingerprint density at radius 1 is 1.08 bits per heavy atom. The molecule has 188 valence electrons. The first-order valence-corrected chi connectivity index (χ1v) is 11.4. The number of aryl methyl sites for hydroxylation is 1. The number of urea groups is 1. The van der Waals surface area contributed by atoms with E-state index in [1.165, 1.54) is 18.9 Å². The lowest BCUT2D eigenvalue weighted by Crippen LogP contribution is -2.28. The summed E-state index contributed by atoms with van der Waals surface area (Å²) in [5.74, 6) is -0.740. The summed E-state index contributed by atoms with van der Waals surface area (Å²) in [7, 11) is 1.48. The Morgan fingerprint density at radius 2 is 1.81 bits per heavy atom. The summed E-state index contributed by atoms with van der Waals surface area (Å²) in [4.78, 5) is 39.5. The number of nitrogens with one attached hydrogen (secondary N) is 2. The number of rotatable bonds is 8. The molecule has 1 aliphatic rings. The number of carbonyl (C=O) groups excluding carboxylic acids is 2. The fraction of sp³-hybridized carbons (Fsp3) is 0.222. The van der Waals surface area contributed by atoms with Crippen LogP contribution in [0.1, 0.15) is 25.8 Å². The second-order valence-electron chi connectivity index (χ2n) is 8.28. The number of allylic oxidation sites excluding steroid dienone is 3. The molecule has 9 nitrogen and oxygen atoms in total. The highest BCUT2D eigenvalue weighted by molar-refractivity contribution is 6.02. The molecule has 2 aromatic rings. The number of ether oxygens (including phenoxy) is 1. The van der Waals surface area contributed by atoms with Crippen LogP contribution in [0.2, 0.25) is 0 Å². The number of aliphatic carboxylic acids is 1. The Balaban J connectivity index is 1.81. The maximum absolute atomic E-state index is 12.6. The molecule has 3 N–H and O–H groups in total. The van der Waals surface area contributed by atoms with Crippen LogP contribution < -0.4 is 20.3 Å². The highest BCUT2D eigenvalue weighted by Crippen LogP contribution is 2.32. The molecule has 3 amide bonds. The summed E-state index contributed by atoms with van der Waals surface area (Å²) >= 11 is 0. The topological polar surface area (TPSA) is 111 Å². The molecule has 0 bridgehead atoms. The molecule has 9 heteroatoms. The van der Waals surface area contributed by atoms with E-state index in [2.05, 4.69) is 10.6 Å². The van der Waals surface area contributed by atoms with E-state index in [0.29, 0.717) is 28.5 Å². The molecule has 0 radical (unpaired) electrons. The summed E-state index contributed by atoms with van der Waals surface area (Å²) in [6, 6.07) is 11.8. The summed E-state index contributed by atoms with van der Waals surface area (Å²) in [6.07, 6.45) is 8.74. The maximum atomic E-state index is 12.6. The van der Waals surface area contributed by atoms with E-state index in [9.17, 15) is 14.4 Å². The molecule has 2 aromatic carbocycles. The molecule has 0 saturated carbocycles. The van der Waals surface area contributed by atoms with Crippen LogP contribution in [0, 0.1) is 6.92 Å². The standard InChI is InChI=1S/C27H30N4O5/c1-18-8-5-6-10-23(18)28-27(35)29-24-12-11-22(17-25(24)36-4)31(20(3)32)21-9-7-14-30(15-13-21)19(2)16-26(33)34/h5-15,17,19H,16H2,1-4H3,(H,33,34)(H2,28,29,35). The summed E-state index contributed by atoms with van der Waals surface area (Å²) in [5, 5.41) is 14.7. The first-order valence-electron chi connectivity index (χ1n) is 11.4. The van der Waals surface area contributed by atoms with E-state index >= 15 is 0 Å². The largest absolute Gasteiger partial charge is 0.494 e. The fourth-order valence-corrected chi connectivity index (χ4v) is 3.73. The Bertz CT molecular complexity index is 1230. The van der Waals surface area contributed by atoms with Crippen LogP contribution in [-0.4, -0.2) is 41.1 Å². The van der Waals surface area contributed by atoms with E-state index in [1.54, 1.807) is 53.7 Å². The lowest BCUT2D eigenvalue weighted by Gasteiger charge is -2.24. The zero-order valence-corrected chi connectivity index (χ0v) is 20.7. The molecule has 0 aromatic heterocycles. The molecule has 0 spiro atoms. The van der Waals surface area contributed by atoms with Gasteiger partial charge in [0.15, 0.2) is 0 Å². The minimum absolute atomic E-state index is 0.0243. The second kappa shape index (κ2) is 11.7. The number of para-hydroxylation sites is 1. The van der Waals surface area contributed by atoms with E-state index in [1.807, 2.05) is 38.1 Å². The zero-order chi connectivity index (χ0) is 26.2. The summed E-state index contributed by atoms with van der Waals surface area (Å²) in [6.45, 7) is 5.16. The van der Waals surface area contributed by atoms with Gasteiger partial charge in [-0.25, -0.2) is 4.79 Å². The number of hydrogen-bond acceptors (Lipinski definition) is 5. The van der Waals surface area contributed by atoms with Crippen molar-refractivity contribution in [2.45, 2.75) is 33.2 Å². The van der Waals surface area contributed by atoms with Crippen LogP contribution in [0.4, 0.5) is 21.9 Å². The van der Waals surface area contributed by atoms with Crippen molar-refractivity contribution >= 4 is 35.0 Å². The predicted octanol–water partition coefficient (Wildman–Crippen LogP) is 5.09. The zero-order valence-electron chi connectivity index (χ0n) is 20.7. The van der Waals surface area contributed by atoms with Crippen LogP contribution >= 0.6 is 0 Å². The number of benzene rings is 2. The van der Waals surface area contributed by atoms with Crippen molar-refractivity contribution in [1.29, 1.82) is 0 Å². The van der Waals surface area contributed by atoms with Crippen molar-refractivity contribution in [2.75, 3.05) is 22.6 Å². The molecular formula is C27H30N4O5. The monoisotopic (exact) mass is 490 g/mol. The van der Waals surface area contributed by atoms with Gasteiger partial charge in [0.1, 0.15) is 5.75 Å². The molecular weight excluding hydrogens is 460 g/mol. The molecule has 0 saturated heterocycles. The SMILES string of the molecule is COc1cc(N(C(C)=O)C2=CC=CN(C(C)CC(=O)O)C=C2)ccc1NC(=O)Nc1ccccc1C. The maximum Gasteiger partial charge on any atom is 0.323 e. The van der Waals surface area contributed by atoms with Gasteiger partial charge < -0.3 is 25.4 Å². The Morgan fingerprint density at radius 3 is 2.47 bits per heavy atom. The van der Waals surface area contributed by atoms with Gasteiger partial charge in [0.25, 0.3) is 0 Å². The van der Waals surface area contributed by atoms with Gasteiger partial charge in [-0.05, 0) is 55.8 Å². The number of hydrogen-bond donors (Lipinski definition) is 3. The van der Waals surface area contributed by atoms with Gasteiger partial charge >= 0.3 is 12.0 Å². The van der Waals surface area contributed by atoms with Crippen LogP contribution in [0.5, 0.6) is 5.75 Å². The number of carboxylic acids is 1. The Labute approximate surface area is 210 Å². The third-order valence-electron chi connectivity index (χ3n) is 5.58. The summed E-state index contributed by atoms with van der Waals surface area (Å²) < 4.78 is 5.49. The van der Waals surface area contributed by atoms with Gasteiger partial charge in [0, 0.05) is 37.1 Å². The Kier molecular flexibility index (Phi) is 8.51. The van der Waals surface area contributed by atoms with Crippen molar-refractivity contribution < 1.29 is 24.2 Å².